The molecule has 7 nitrogen and oxygen atoms in total. The fraction of sp³-hybridized carbons (Fsp3) is 0.316. The van der Waals surface area contributed by atoms with Crippen molar-refractivity contribution in [2.45, 2.75) is 33.1 Å². The van der Waals surface area contributed by atoms with E-state index in [-0.39, 0.29) is 18.7 Å². The van der Waals surface area contributed by atoms with Gasteiger partial charge in [-0.2, -0.15) is 0 Å². The van der Waals surface area contributed by atoms with E-state index in [0.717, 1.165) is 10.4 Å². The van der Waals surface area contributed by atoms with Crippen molar-refractivity contribution in [3.05, 3.63) is 40.3 Å². The smallest absolute Gasteiger partial charge is 0.303 e. The number of hydrogen-bond donors (Lipinski definition) is 3. The number of ether oxygens (including phenoxy) is 1. The molecule has 0 spiro atoms. The van der Waals surface area contributed by atoms with Crippen LogP contribution in [0.25, 0.3) is 0 Å². The molecular weight excluding hydrogens is 368 g/mol. The van der Waals surface area contributed by atoms with Crippen LogP contribution in [-0.4, -0.2) is 30.0 Å². The maximum Gasteiger partial charge on any atom is 0.303 e. The highest BCUT2D eigenvalue weighted by molar-refractivity contribution is 7.16. The molecule has 0 saturated carbocycles. The van der Waals surface area contributed by atoms with Crippen LogP contribution in [0.3, 0.4) is 0 Å². The number of carbonyl (C=O) groups is 3. The third-order valence-corrected chi connectivity index (χ3v) is 5.03. The van der Waals surface area contributed by atoms with Crippen molar-refractivity contribution in [2.75, 3.05) is 17.7 Å². The maximum atomic E-state index is 12.9. The van der Waals surface area contributed by atoms with Gasteiger partial charge in [0.15, 0.2) is 0 Å². The molecule has 2 rings (SSSR count). The highest BCUT2D eigenvalue weighted by Gasteiger charge is 2.23. The van der Waals surface area contributed by atoms with E-state index in [0.29, 0.717) is 28.4 Å². The first-order valence-electron chi connectivity index (χ1n) is 8.45. The number of anilines is 2. The number of amides is 2. The van der Waals surface area contributed by atoms with Gasteiger partial charge < -0.3 is 20.5 Å². The minimum absolute atomic E-state index is 0.151. The van der Waals surface area contributed by atoms with Gasteiger partial charge in [0.2, 0.25) is 5.91 Å². The lowest BCUT2D eigenvalue weighted by atomic mass is 10.1. The van der Waals surface area contributed by atoms with Crippen molar-refractivity contribution in [3.8, 4) is 5.75 Å². The lowest BCUT2D eigenvalue weighted by molar-refractivity contribution is -0.138. The first kappa shape index (κ1) is 20.4. The van der Waals surface area contributed by atoms with Crippen molar-refractivity contribution < 1.29 is 24.2 Å². The minimum atomic E-state index is -1.05. The molecule has 0 unspecified atom stereocenters. The number of carboxylic acid groups (broad SMARTS) is 1. The van der Waals surface area contributed by atoms with Crippen molar-refractivity contribution in [2.24, 2.45) is 0 Å². The molecule has 0 fully saturated rings. The molecule has 2 aromatic rings. The monoisotopic (exact) mass is 390 g/mol. The number of nitrogens with one attached hydrogen (secondary N) is 2. The van der Waals surface area contributed by atoms with E-state index in [1.807, 2.05) is 13.8 Å². The molecule has 1 aromatic heterocycles. The zero-order chi connectivity index (χ0) is 20.0. The Labute approximate surface area is 161 Å². The van der Waals surface area contributed by atoms with Gasteiger partial charge in [0.25, 0.3) is 5.91 Å². The fourth-order valence-corrected chi connectivity index (χ4v) is 3.83. The third-order valence-electron chi connectivity index (χ3n) is 3.96. The average molecular weight is 390 g/mol. The minimum Gasteiger partial charge on any atom is -0.495 e. The van der Waals surface area contributed by atoms with Gasteiger partial charge >= 0.3 is 5.97 Å². The van der Waals surface area contributed by atoms with Gasteiger partial charge in [0.1, 0.15) is 10.8 Å². The van der Waals surface area contributed by atoms with Gasteiger partial charge in [-0.05, 0) is 31.0 Å². The van der Waals surface area contributed by atoms with Crippen LogP contribution in [0.15, 0.2) is 24.3 Å². The fourth-order valence-electron chi connectivity index (χ4n) is 2.68. The Kier molecular flexibility index (Phi) is 6.95. The molecule has 0 aliphatic carbocycles. The van der Waals surface area contributed by atoms with E-state index < -0.39 is 11.9 Å². The molecule has 0 saturated heterocycles. The highest BCUT2D eigenvalue weighted by Crippen LogP contribution is 2.35. The zero-order valence-corrected chi connectivity index (χ0v) is 16.2. The predicted molar refractivity (Wildman–Crippen MR) is 105 cm³/mol. The van der Waals surface area contributed by atoms with Crippen LogP contribution in [0.1, 0.15) is 40.6 Å². The van der Waals surface area contributed by atoms with E-state index in [9.17, 15) is 14.4 Å². The molecule has 0 aliphatic rings. The summed E-state index contributed by atoms with van der Waals surface area (Å²) in [7, 11) is 1.52. The summed E-state index contributed by atoms with van der Waals surface area (Å²) in [6.07, 6.45) is 0.211. The first-order valence-corrected chi connectivity index (χ1v) is 9.27. The standard InChI is InChI=1S/C19H22N2O5S/c1-4-12-11(2)27-19(21-15(22)9-10-16(23)24)17(12)18(25)20-13-7-5-6-8-14(13)26-3/h5-8H,4,9-10H2,1-3H3,(H,20,25)(H,21,22)(H,23,24). The van der Waals surface area contributed by atoms with Crippen LogP contribution in [0, 0.1) is 6.92 Å². The van der Waals surface area contributed by atoms with Crippen LogP contribution >= 0.6 is 11.3 Å². The summed E-state index contributed by atoms with van der Waals surface area (Å²) in [4.78, 5) is 36.6. The van der Waals surface area contributed by atoms with Gasteiger partial charge in [-0.3, -0.25) is 14.4 Å². The van der Waals surface area contributed by atoms with Crippen LogP contribution in [0.4, 0.5) is 10.7 Å². The Morgan fingerprint density at radius 2 is 1.85 bits per heavy atom. The molecule has 0 atom stereocenters. The van der Waals surface area contributed by atoms with Gasteiger partial charge in [-0.1, -0.05) is 19.1 Å². The normalized spacial score (nSPS) is 10.3. The van der Waals surface area contributed by atoms with Crippen molar-refractivity contribution in [1.82, 2.24) is 0 Å². The van der Waals surface area contributed by atoms with E-state index in [2.05, 4.69) is 10.6 Å². The van der Waals surface area contributed by atoms with E-state index in [4.69, 9.17) is 9.84 Å². The van der Waals surface area contributed by atoms with Crippen molar-refractivity contribution in [3.63, 3.8) is 0 Å². The van der Waals surface area contributed by atoms with E-state index >= 15 is 0 Å². The third kappa shape index (κ3) is 5.07. The summed E-state index contributed by atoms with van der Waals surface area (Å²) in [6.45, 7) is 3.82. The molecule has 2 amide bonds. The maximum absolute atomic E-state index is 12.9. The summed E-state index contributed by atoms with van der Waals surface area (Å²) < 4.78 is 5.26. The number of aliphatic carboxylic acids is 1. The molecule has 0 radical (unpaired) electrons. The number of methoxy groups -OCH3 is 1. The SMILES string of the molecule is CCc1c(C)sc(NC(=O)CCC(=O)O)c1C(=O)Nc1ccccc1OC. The molecule has 3 N–H and O–H groups in total. The van der Waals surface area contributed by atoms with Crippen molar-refractivity contribution >= 4 is 39.8 Å². The molecule has 144 valence electrons. The Morgan fingerprint density at radius 3 is 2.48 bits per heavy atom. The molecule has 0 bridgehead atoms. The quantitative estimate of drug-likeness (QED) is 0.638. The average Bonchev–Trinajstić information content (AvgIpc) is 2.95. The first-order chi connectivity index (χ1) is 12.9. The Morgan fingerprint density at radius 1 is 1.15 bits per heavy atom. The summed E-state index contributed by atoms with van der Waals surface area (Å²) in [5.41, 5.74) is 1.77. The van der Waals surface area contributed by atoms with Crippen LogP contribution < -0.4 is 15.4 Å². The van der Waals surface area contributed by atoms with Crippen LogP contribution in [0.2, 0.25) is 0 Å². The Balaban J connectivity index is 2.29. The number of aryl methyl sites for hydroxylation is 1. The summed E-state index contributed by atoms with van der Waals surface area (Å²) in [5.74, 6) is -1.30. The summed E-state index contributed by atoms with van der Waals surface area (Å²) in [5, 5.41) is 14.6. The lowest BCUT2D eigenvalue weighted by Gasteiger charge is -2.12. The van der Waals surface area contributed by atoms with Gasteiger partial charge in [-0.15, -0.1) is 11.3 Å². The molecule has 1 heterocycles. The Hall–Kier alpha value is -2.87. The number of carboxylic acids is 1. The van der Waals surface area contributed by atoms with Crippen LogP contribution in [-0.2, 0) is 16.0 Å². The largest absolute Gasteiger partial charge is 0.495 e. The van der Waals surface area contributed by atoms with Gasteiger partial charge in [0.05, 0.1) is 24.8 Å². The number of para-hydroxylation sites is 2. The lowest BCUT2D eigenvalue weighted by Crippen LogP contribution is -2.18. The second-order valence-electron chi connectivity index (χ2n) is 5.79. The number of rotatable bonds is 8. The summed E-state index contributed by atoms with van der Waals surface area (Å²) in [6, 6.07) is 7.05. The molecule has 8 heteroatoms. The zero-order valence-electron chi connectivity index (χ0n) is 15.4. The second kappa shape index (κ2) is 9.18. The number of hydrogen-bond acceptors (Lipinski definition) is 5. The van der Waals surface area contributed by atoms with Crippen LogP contribution in [0.5, 0.6) is 5.75 Å². The van der Waals surface area contributed by atoms with E-state index in [1.165, 1.54) is 18.4 Å². The molecule has 27 heavy (non-hydrogen) atoms. The molecule has 0 aliphatic heterocycles. The molecular formula is C19H22N2O5S. The van der Waals surface area contributed by atoms with Gasteiger partial charge in [0, 0.05) is 11.3 Å². The number of thiophene rings is 1. The topological polar surface area (TPSA) is 105 Å². The summed E-state index contributed by atoms with van der Waals surface area (Å²) >= 11 is 1.31. The number of carbonyl (C=O) groups excluding carboxylic acids is 2. The predicted octanol–water partition coefficient (Wildman–Crippen LogP) is 3.68. The molecule has 1 aromatic carbocycles. The van der Waals surface area contributed by atoms with E-state index in [1.54, 1.807) is 24.3 Å². The van der Waals surface area contributed by atoms with Gasteiger partial charge in [-0.25, -0.2) is 0 Å². The number of benzene rings is 1. The Bertz CT molecular complexity index is 860. The second-order valence-corrected chi connectivity index (χ2v) is 7.02. The highest BCUT2D eigenvalue weighted by atomic mass is 32.1. The van der Waals surface area contributed by atoms with Crippen molar-refractivity contribution in [1.29, 1.82) is 0 Å².